The number of hydrogen-bond donors (Lipinski definition) is 0. The van der Waals surface area contributed by atoms with Crippen LogP contribution < -0.4 is 26.2 Å². The molecule has 79 heavy (non-hydrogen) atoms. The minimum atomic E-state index is -0.267. The Morgan fingerprint density at radius 1 is 0.354 bits per heavy atom. The van der Waals surface area contributed by atoms with Gasteiger partial charge < -0.3 is 9.80 Å². The van der Waals surface area contributed by atoms with E-state index < -0.39 is 0 Å². The molecule has 396 valence electrons. The molecule has 0 saturated heterocycles. The Kier molecular flexibility index (Phi) is 12.3. The average molecular weight is 1030 g/mol. The van der Waals surface area contributed by atoms with Crippen molar-refractivity contribution in [3.63, 3.8) is 0 Å². The van der Waals surface area contributed by atoms with Crippen molar-refractivity contribution in [2.45, 2.75) is 142 Å². The molecule has 2 aliphatic heterocycles. The summed E-state index contributed by atoms with van der Waals surface area (Å²) in [6.07, 6.45) is 2.28. The van der Waals surface area contributed by atoms with Gasteiger partial charge in [-0.05, 0) is 161 Å². The van der Waals surface area contributed by atoms with E-state index in [9.17, 15) is 0 Å². The van der Waals surface area contributed by atoms with E-state index in [4.69, 9.17) is 0 Å². The van der Waals surface area contributed by atoms with Crippen LogP contribution in [0.2, 0.25) is 0 Å². The minimum absolute atomic E-state index is 0.00690. The Balaban J connectivity index is 1.24. The van der Waals surface area contributed by atoms with E-state index in [0.717, 1.165) is 12.8 Å². The zero-order valence-electron chi connectivity index (χ0n) is 49.4. The summed E-state index contributed by atoms with van der Waals surface area (Å²) >= 11 is 0. The molecule has 0 aromatic heterocycles. The van der Waals surface area contributed by atoms with Gasteiger partial charge in [0, 0.05) is 44.8 Å². The molecular formula is C76H79BN2. The maximum atomic E-state index is 2.74. The van der Waals surface area contributed by atoms with Crippen LogP contribution in [0.3, 0.4) is 0 Å². The fraction of sp³-hybridized carbons (Fsp3) is 0.289. The summed E-state index contributed by atoms with van der Waals surface area (Å²) in [4.78, 5) is 5.41. The van der Waals surface area contributed by atoms with Crippen molar-refractivity contribution in [2.24, 2.45) is 0 Å². The third-order valence-corrected chi connectivity index (χ3v) is 18.8. The average Bonchev–Trinajstić information content (AvgIpc) is 3.13. The molecule has 0 radical (unpaired) electrons. The van der Waals surface area contributed by atoms with Crippen LogP contribution >= 0.6 is 0 Å². The number of nitrogens with zero attached hydrogens (tertiary/aromatic N) is 2. The predicted octanol–water partition coefficient (Wildman–Crippen LogP) is 18.7. The van der Waals surface area contributed by atoms with Gasteiger partial charge in [0.2, 0.25) is 0 Å². The van der Waals surface area contributed by atoms with Crippen molar-refractivity contribution in [2.75, 3.05) is 9.80 Å². The van der Waals surface area contributed by atoms with Crippen LogP contribution in [0.15, 0.2) is 200 Å². The molecule has 0 fully saturated rings. The summed E-state index contributed by atoms with van der Waals surface area (Å²) in [7, 11) is 0. The Morgan fingerprint density at radius 3 is 1.37 bits per heavy atom. The van der Waals surface area contributed by atoms with E-state index in [1.807, 2.05) is 0 Å². The summed E-state index contributed by atoms with van der Waals surface area (Å²) < 4.78 is 0. The second-order valence-electron chi connectivity index (χ2n) is 27.7. The molecule has 0 amide bonds. The molecular weight excluding hydrogens is 952 g/mol. The normalized spacial score (nSPS) is 15.5. The first-order valence-corrected chi connectivity index (χ1v) is 29.1. The van der Waals surface area contributed by atoms with Crippen LogP contribution in [-0.4, -0.2) is 6.71 Å². The lowest BCUT2D eigenvalue weighted by Gasteiger charge is -2.48. The third kappa shape index (κ3) is 8.79. The Labute approximate surface area is 473 Å². The molecule has 0 N–H and O–H groups in total. The second kappa shape index (κ2) is 18.6. The molecule has 3 heteroatoms. The number of anilines is 6. The van der Waals surface area contributed by atoms with Gasteiger partial charge in [0.15, 0.2) is 0 Å². The van der Waals surface area contributed by atoms with Crippen molar-refractivity contribution in [1.82, 2.24) is 0 Å². The number of fused-ring (bicyclic) bond motifs is 5. The smallest absolute Gasteiger partial charge is 0.252 e. The van der Waals surface area contributed by atoms with Crippen molar-refractivity contribution < 1.29 is 0 Å². The summed E-state index contributed by atoms with van der Waals surface area (Å²) in [6.45, 7) is 33.8. The number of benzene rings is 9. The fourth-order valence-corrected chi connectivity index (χ4v) is 13.6. The van der Waals surface area contributed by atoms with E-state index in [0.29, 0.717) is 0 Å². The molecule has 0 unspecified atom stereocenters. The van der Waals surface area contributed by atoms with Crippen molar-refractivity contribution in [3.8, 4) is 22.3 Å². The van der Waals surface area contributed by atoms with Crippen LogP contribution in [0.25, 0.3) is 22.3 Å². The summed E-state index contributed by atoms with van der Waals surface area (Å²) in [6, 6.07) is 77.1. The van der Waals surface area contributed by atoms with Gasteiger partial charge in [-0.2, -0.15) is 0 Å². The highest BCUT2D eigenvalue weighted by atomic mass is 15.2. The largest absolute Gasteiger partial charge is 0.311 e. The topological polar surface area (TPSA) is 6.48 Å². The van der Waals surface area contributed by atoms with E-state index in [1.165, 1.54) is 117 Å². The van der Waals surface area contributed by atoms with Crippen LogP contribution in [0.5, 0.6) is 0 Å². The van der Waals surface area contributed by atoms with Crippen LogP contribution in [0.1, 0.15) is 154 Å². The Bertz CT molecular complexity index is 3790. The third-order valence-electron chi connectivity index (χ3n) is 18.8. The summed E-state index contributed by atoms with van der Waals surface area (Å²) in [5.74, 6) is 0. The Morgan fingerprint density at radius 2 is 0.823 bits per heavy atom. The van der Waals surface area contributed by atoms with Crippen molar-refractivity contribution >= 4 is 57.2 Å². The summed E-state index contributed by atoms with van der Waals surface area (Å²) in [5, 5.41) is 0. The maximum Gasteiger partial charge on any atom is 0.252 e. The van der Waals surface area contributed by atoms with Gasteiger partial charge in [-0.25, -0.2) is 0 Å². The van der Waals surface area contributed by atoms with Gasteiger partial charge in [-0.15, -0.1) is 0 Å². The fourth-order valence-electron chi connectivity index (χ4n) is 13.6. The van der Waals surface area contributed by atoms with E-state index in [-0.39, 0.29) is 39.2 Å². The minimum Gasteiger partial charge on any atom is -0.311 e. The van der Waals surface area contributed by atoms with E-state index >= 15 is 0 Å². The van der Waals surface area contributed by atoms with Crippen LogP contribution in [0.4, 0.5) is 34.1 Å². The maximum absolute atomic E-state index is 2.74. The van der Waals surface area contributed by atoms with Gasteiger partial charge in [0.25, 0.3) is 6.71 Å². The molecule has 9 aromatic rings. The molecule has 2 nitrogen and oxygen atoms in total. The molecule has 0 bridgehead atoms. The molecule has 12 rings (SSSR count). The summed E-state index contributed by atoms with van der Waals surface area (Å²) in [5.41, 5.74) is 26.3. The lowest BCUT2D eigenvalue weighted by atomic mass is 9.33. The molecule has 1 aliphatic carbocycles. The standard InChI is InChI=1S/C76H79BN2/c1-71(2,3)56-44-68-70-69(45-56)79(65-47-58(50-28-19-15-20-29-50)60(72(4,5)6)46-59(65)51-30-21-16-22-31-51)67-49-62-61(73(7,8)40-41-74(62,9)10)48-64(67)77(70)63-39-38-55(76(13,14)53-34-25-18-26-35-53)43-66(63)78(68)57-37-27-36-54(42-57)75(11,12)52-32-23-17-24-33-52/h15-39,42-49H,40-41H2,1-14H3. The highest BCUT2D eigenvalue weighted by Gasteiger charge is 2.48. The SMILES string of the molecule is CC(C)(C)c1cc2c3c(c1)N(c1cc(-c4ccccc4)c(C(C)(C)C)cc1-c1ccccc1)c1cc4c(cc1B3c1ccc(C(C)(C)c3ccccc3)cc1N2c1cccc(C(C)(C)c2ccccc2)c1)C(C)(C)CCC4(C)C. The van der Waals surface area contributed by atoms with E-state index in [2.05, 4.69) is 307 Å². The van der Waals surface area contributed by atoms with Gasteiger partial charge >= 0.3 is 0 Å². The first-order chi connectivity index (χ1) is 37.4. The lowest BCUT2D eigenvalue weighted by molar-refractivity contribution is 0.332. The highest BCUT2D eigenvalue weighted by molar-refractivity contribution is 7.00. The van der Waals surface area contributed by atoms with Crippen LogP contribution in [0, 0.1) is 0 Å². The van der Waals surface area contributed by atoms with Gasteiger partial charge in [-0.3, -0.25) is 0 Å². The highest BCUT2D eigenvalue weighted by Crippen LogP contribution is 2.54. The van der Waals surface area contributed by atoms with Crippen LogP contribution in [-0.2, 0) is 32.5 Å². The predicted molar refractivity (Wildman–Crippen MR) is 341 cm³/mol. The molecule has 3 aliphatic rings. The first-order valence-electron chi connectivity index (χ1n) is 29.1. The van der Waals surface area contributed by atoms with Crippen molar-refractivity contribution in [3.05, 3.63) is 245 Å². The lowest BCUT2D eigenvalue weighted by Crippen LogP contribution is -2.62. The van der Waals surface area contributed by atoms with Gasteiger partial charge in [-0.1, -0.05) is 249 Å². The zero-order valence-corrected chi connectivity index (χ0v) is 49.4. The molecule has 9 aromatic carbocycles. The second-order valence-corrected chi connectivity index (χ2v) is 27.7. The molecule has 0 atom stereocenters. The molecule has 0 spiro atoms. The van der Waals surface area contributed by atoms with E-state index in [1.54, 1.807) is 0 Å². The molecule has 2 heterocycles. The van der Waals surface area contributed by atoms with Gasteiger partial charge in [0.05, 0.1) is 5.69 Å². The van der Waals surface area contributed by atoms with Gasteiger partial charge in [0.1, 0.15) is 0 Å². The first kappa shape index (κ1) is 52.3. The Hall–Kier alpha value is -7.36. The number of rotatable bonds is 8. The van der Waals surface area contributed by atoms with Crippen molar-refractivity contribution in [1.29, 1.82) is 0 Å². The quantitative estimate of drug-likeness (QED) is 0.140. The number of hydrogen-bond acceptors (Lipinski definition) is 2. The molecule has 0 saturated carbocycles. The monoisotopic (exact) mass is 1030 g/mol. The zero-order chi connectivity index (χ0) is 55.6.